The van der Waals surface area contributed by atoms with Crippen molar-refractivity contribution in [3.63, 3.8) is 0 Å². The third-order valence-electron chi connectivity index (χ3n) is 3.73. The molecule has 22 heavy (non-hydrogen) atoms. The van der Waals surface area contributed by atoms with Crippen molar-refractivity contribution in [2.24, 2.45) is 5.92 Å². The summed E-state index contributed by atoms with van der Waals surface area (Å²) in [5.41, 5.74) is 0.762. The Morgan fingerprint density at radius 3 is 2.55 bits per heavy atom. The van der Waals surface area contributed by atoms with Gasteiger partial charge in [-0.05, 0) is 44.3 Å². The maximum absolute atomic E-state index is 12.3. The fourth-order valence-corrected chi connectivity index (χ4v) is 3.14. The molecule has 0 atom stereocenters. The Balaban J connectivity index is 1.87. The average Bonchev–Trinajstić information content (AvgIpc) is 2.47. The lowest BCUT2D eigenvalue weighted by molar-refractivity contribution is -0.149. The molecule has 0 aromatic heterocycles. The average molecular weight is 332 g/mol. The maximum Gasteiger partial charge on any atom is 0.401 e. The molecule has 1 aliphatic heterocycles. The van der Waals surface area contributed by atoms with Gasteiger partial charge in [-0.25, -0.2) is 0 Å². The zero-order valence-electron chi connectivity index (χ0n) is 12.3. The van der Waals surface area contributed by atoms with E-state index >= 15 is 0 Å². The van der Waals surface area contributed by atoms with Gasteiger partial charge >= 0.3 is 6.18 Å². The van der Waals surface area contributed by atoms with Crippen molar-refractivity contribution in [2.75, 3.05) is 31.2 Å². The third kappa shape index (κ3) is 4.91. The van der Waals surface area contributed by atoms with Crippen LogP contribution in [-0.4, -0.2) is 42.9 Å². The highest BCUT2D eigenvalue weighted by Crippen LogP contribution is 2.27. The Morgan fingerprint density at radius 1 is 1.32 bits per heavy atom. The molecule has 1 fully saturated rings. The summed E-state index contributed by atoms with van der Waals surface area (Å²) in [6, 6.07) is 7.51. The Morgan fingerprint density at radius 2 is 1.95 bits per heavy atom. The summed E-state index contributed by atoms with van der Waals surface area (Å²) in [5, 5.41) is 2.89. The lowest BCUT2D eigenvalue weighted by atomic mass is 9.96. The molecule has 1 heterocycles. The predicted octanol–water partition coefficient (Wildman–Crippen LogP) is 3.62. The maximum atomic E-state index is 12.3. The Labute approximate surface area is 132 Å². The van der Waals surface area contributed by atoms with E-state index in [-0.39, 0.29) is 11.8 Å². The molecule has 1 aromatic carbocycles. The van der Waals surface area contributed by atoms with Crippen LogP contribution in [0.5, 0.6) is 0 Å². The zero-order valence-corrected chi connectivity index (χ0v) is 13.1. The van der Waals surface area contributed by atoms with Crippen molar-refractivity contribution in [2.45, 2.75) is 23.9 Å². The quantitative estimate of drug-likeness (QED) is 0.855. The predicted molar refractivity (Wildman–Crippen MR) is 82.1 cm³/mol. The normalized spacial score (nSPS) is 17.5. The zero-order chi connectivity index (χ0) is 16.2. The highest BCUT2D eigenvalue weighted by molar-refractivity contribution is 7.98. The van der Waals surface area contributed by atoms with E-state index in [0.717, 1.165) is 10.6 Å². The van der Waals surface area contributed by atoms with Gasteiger partial charge in [0.05, 0.1) is 12.2 Å². The van der Waals surface area contributed by atoms with Gasteiger partial charge in [-0.15, -0.1) is 11.8 Å². The number of nitrogens with one attached hydrogen (secondary N) is 1. The number of halogens is 3. The number of anilines is 1. The number of amides is 1. The summed E-state index contributed by atoms with van der Waals surface area (Å²) >= 11 is 1.54. The number of benzene rings is 1. The summed E-state index contributed by atoms with van der Waals surface area (Å²) in [4.78, 5) is 14.6. The number of para-hydroxylation sites is 1. The molecular formula is C15H19F3N2OS. The van der Waals surface area contributed by atoms with Crippen LogP contribution in [0.25, 0.3) is 0 Å². The van der Waals surface area contributed by atoms with Gasteiger partial charge in [0.25, 0.3) is 0 Å². The molecule has 3 nitrogen and oxygen atoms in total. The number of thioether (sulfide) groups is 1. The Hall–Kier alpha value is -1.21. The number of likely N-dealkylation sites (tertiary alicyclic amines) is 1. The number of nitrogens with zero attached hydrogens (tertiary/aromatic N) is 1. The highest BCUT2D eigenvalue weighted by atomic mass is 32.2. The molecule has 1 saturated heterocycles. The molecule has 122 valence electrons. The van der Waals surface area contributed by atoms with Crippen LogP contribution < -0.4 is 5.32 Å². The fraction of sp³-hybridized carbons (Fsp3) is 0.533. The van der Waals surface area contributed by atoms with E-state index < -0.39 is 12.7 Å². The number of carbonyl (C=O) groups is 1. The van der Waals surface area contributed by atoms with Gasteiger partial charge in [0, 0.05) is 10.8 Å². The van der Waals surface area contributed by atoms with Gasteiger partial charge in [-0.3, -0.25) is 9.69 Å². The molecule has 1 aromatic rings. The number of hydrogen-bond acceptors (Lipinski definition) is 3. The van der Waals surface area contributed by atoms with Crippen LogP contribution >= 0.6 is 11.8 Å². The van der Waals surface area contributed by atoms with Crippen LogP contribution in [0.15, 0.2) is 29.2 Å². The molecular weight excluding hydrogens is 313 g/mol. The molecule has 0 aliphatic carbocycles. The third-order valence-corrected chi connectivity index (χ3v) is 4.52. The number of rotatable bonds is 4. The highest BCUT2D eigenvalue weighted by Gasteiger charge is 2.33. The van der Waals surface area contributed by atoms with E-state index in [2.05, 4.69) is 5.32 Å². The van der Waals surface area contributed by atoms with E-state index in [1.807, 2.05) is 30.5 Å². The summed E-state index contributed by atoms with van der Waals surface area (Å²) in [6.07, 6.45) is -1.32. The van der Waals surface area contributed by atoms with Crippen molar-refractivity contribution >= 4 is 23.4 Å². The lowest BCUT2D eigenvalue weighted by Crippen LogP contribution is -2.42. The van der Waals surface area contributed by atoms with Crippen molar-refractivity contribution in [3.05, 3.63) is 24.3 Å². The van der Waals surface area contributed by atoms with Gasteiger partial charge in [0.15, 0.2) is 0 Å². The molecule has 0 unspecified atom stereocenters. The van der Waals surface area contributed by atoms with Crippen molar-refractivity contribution < 1.29 is 18.0 Å². The summed E-state index contributed by atoms with van der Waals surface area (Å²) in [6.45, 7) is -0.278. The topological polar surface area (TPSA) is 32.3 Å². The van der Waals surface area contributed by atoms with Crippen molar-refractivity contribution in [3.8, 4) is 0 Å². The first-order chi connectivity index (χ1) is 10.4. The monoisotopic (exact) mass is 332 g/mol. The molecule has 1 N–H and O–H groups in total. The SMILES string of the molecule is CSc1ccccc1NC(=O)C1CCN(CC(F)(F)F)CC1. The van der Waals surface area contributed by atoms with Crippen LogP contribution in [0, 0.1) is 5.92 Å². The molecule has 0 spiro atoms. The van der Waals surface area contributed by atoms with Crippen LogP contribution in [0.3, 0.4) is 0 Å². The molecule has 0 radical (unpaired) electrons. The Kier molecular flexibility index (Phi) is 5.74. The van der Waals surface area contributed by atoms with Crippen LogP contribution in [0.2, 0.25) is 0 Å². The summed E-state index contributed by atoms with van der Waals surface area (Å²) in [5.74, 6) is -0.326. The van der Waals surface area contributed by atoms with Gasteiger partial charge in [-0.2, -0.15) is 13.2 Å². The van der Waals surface area contributed by atoms with Gasteiger partial charge in [0.1, 0.15) is 0 Å². The van der Waals surface area contributed by atoms with E-state index in [1.54, 1.807) is 11.8 Å². The number of alkyl halides is 3. The largest absolute Gasteiger partial charge is 0.401 e. The second kappa shape index (κ2) is 7.37. The van der Waals surface area contributed by atoms with E-state index in [0.29, 0.717) is 25.9 Å². The van der Waals surface area contributed by atoms with Gasteiger partial charge in [-0.1, -0.05) is 12.1 Å². The second-order valence-electron chi connectivity index (χ2n) is 5.36. The standard InChI is InChI=1S/C15H19F3N2OS/c1-22-13-5-3-2-4-12(13)19-14(21)11-6-8-20(9-7-11)10-15(16,17)18/h2-5,11H,6-10H2,1H3,(H,19,21). The second-order valence-corrected chi connectivity index (χ2v) is 6.20. The fourth-order valence-electron chi connectivity index (χ4n) is 2.59. The number of piperidine rings is 1. The summed E-state index contributed by atoms with van der Waals surface area (Å²) < 4.78 is 37.0. The molecule has 1 aliphatic rings. The summed E-state index contributed by atoms with van der Waals surface area (Å²) in [7, 11) is 0. The van der Waals surface area contributed by atoms with Crippen molar-refractivity contribution in [1.29, 1.82) is 0 Å². The molecule has 0 saturated carbocycles. The Bertz CT molecular complexity index is 514. The molecule has 1 amide bonds. The smallest absolute Gasteiger partial charge is 0.325 e. The van der Waals surface area contributed by atoms with Crippen LogP contribution in [0.1, 0.15) is 12.8 Å². The first-order valence-corrected chi connectivity index (χ1v) is 8.34. The lowest BCUT2D eigenvalue weighted by Gasteiger charge is -2.31. The minimum atomic E-state index is -4.17. The first kappa shape index (κ1) is 17.1. The minimum Gasteiger partial charge on any atom is -0.325 e. The van der Waals surface area contributed by atoms with E-state index in [1.165, 1.54) is 4.90 Å². The first-order valence-electron chi connectivity index (χ1n) is 7.12. The number of hydrogen-bond donors (Lipinski definition) is 1. The van der Waals surface area contributed by atoms with Crippen molar-refractivity contribution in [1.82, 2.24) is 4.90 Å². The van der Waals surface area contributed by atoms with Gasteiger partial charge < -0.3 is 5.32 Å². The van der Waals surface area contributed by atoms with E-state index in [4.69, 9.17) is 0 Å². The van der Waals surface area contributed by atoms with E-state index in [9.17, 15) is 18.0 Å². The number of carbonyl (C=O) groups excluding carboxylic acids is 1. The van der Waals surface area contributed by atoms with Gasteiger partial charge in [0.2, 0.25) is 5.91 Å². The molecule has 0 bridgehead atoms. The molecule has 2 rings (SSSR count). The van der Waals surface area contributed by atoms with Crippen LogP contribution in [-0.2, 0) is 4.79 Å². The molecule has 7 heteroatoms. The van der Waals surface area contributed by atoms with Crippen LogP contribution in [0.4, 0.5) is 18.9 Å². The minimum absolute atomic E-state index is 0.104.